The molecule has 0 spiro atoms. The Balaban J connectivity index is 2.69. The van der Waals surface area contributed by atoms with Crippen LogP contribution in [0.2, 0.25) is 0 Å². The molecule has 0 aliphatic rings. The van der Waals surface area contributed by atoms with Crippen LogP contribution in [0.15, 0.2) is 18.5 Å². The molecule has 3 nitrogen and oxygen atoms in total. The van der Waals surface area contributed by atoms with E-state index in [0.29, 0.717) is 5.92 Å². The summed E-state index contributed by atoms with van der Waals surface area (Å²) in [6.45, 7) is 6.38. The summed E-state index contributed by atoms with van der Waals surface area (Å²) in [6, 6.07) is 1.92. The van der Waals surface area contributed by atoms with Crippen LogP contribution in [-0.2, 0) is 0 Å². The summed E-state index contributed by atoms with van der Waals surface area (Å²) in [5.41, 5.74) is 3.29. The van der Waals surface area contributed by atoms with Crippen molar-refractivity contribution < 1.29 is 0 Å². The number of hydrogen-bond donors (Lipinski definition) is 0. The van der Waals surface area contributed by atoms with Gasteiger partial charge < -0.3 is 0 Å². The fraction of sp³-hybridized carbons (Fsp3) is 0.400. The molecule has 0 amide bonds. The average Bonchev–Trinajstić information content (AvgIpc) is 2.48. The predicted octanol–water partition coefficient (Wildman–Crippen LogP) is 2.16. The van der Waals surface area contributed by atoms with E-state index in [2.05, 4.69) is 30.9 Å². The number of aryl methyl sites for hydroxylation is 1. The van der Waals surface area contributed by atoms with Gasteiger partial charge in [0, 0.05) is 18.0 Å². The van der Waals surface area contributed by atoms with Crippen molar-refractivity contribution in [3.05, 3.63) is 29.7 Å². The van der Waals surface area contributed by atoms with Crippen molar-refractivity contribution in [2.75, 3.05) is 0 Å². The van der Waals surface area contributed by atoms with Gasteiger partial charge in [-0.25, -0.2) is 9.50 Å². The van der Waals surface area contributed by atoms with E-state index in [1.807, 2.05) is 12.3 Å². The minimum atomic E-state index is 0.472. The fourth-order valence-electron chi connectivity index (χ4n) is 1.54. The number of aromatic nitrogens is 3. The van der Waals surface area contributed by atoms with Gasteiger partial charge in [-0.05, 0) is 18.4 Å². The van der Waals surface area contributed by atoms with Gasteiger partial charge in [0.2, 0.25) is 0 Å². The van der Waals surface area contributed by atoms with Gasteiger partial charge in [-0.1, -0.05) is 13.8 Å². The van der Waals surface area contributed by atoms with Gasteiger partial charge in [0.05, 0.1) is 6.20 Å². The SMILES string of the molecule is Cc1cn2nccc2nc1C(C)C. The number of rotatable bonds is 1. The molecule has 0 bridgehead atoms. The summed E-state index contributed by atoms with van der Waals surface area (Å²) >= 11 is 0. The van der Waals surface area contributed by atoms with Crippen LogP contribution in [0, 0.1) is 6.92 Å². The maximum atomic E-state index is 4.53. The Morgan fingerprint density at radius 1 is 1.38 bits per heavy atom. The lowest BCUT2D eigenvalue weighted by atomic mass is 10.1. The van der Waals surface area contributed by atoms with Gasteiger partial charge in [-0.15, -0.1) is 0 Å². The zero-order valence-corrected chi connectivity index (χ0v) is 8.15. The first-order valence-corrected chi connectivity index (χ1v) is 4.49. The molecule has 0 fully saturated rings. The molecule has 0 aliphatic heterocycles. The van der Waals surface area contributed by atoms with E-state index in [0.717, 1.165) is 11.3 Å². The highest BCUT2D eigenvalue weighted by Crippen LogP contribution is 2.16. The van der Waals surface area contributed by atoms with Crippen LogP contribution in [0.25, 0.3) is 5.65 Å². The largest absolute Gasteiger partial charge is 0.233 e. The summed E-state index contributed by atoms with van der Waals surface area (Å²) in [5.74, 6) is 0.472. The Hall–Kier alpha value is -1.38. The maximum absolute atomic E-state index is 4.53. The summed E-state index contributed by atoms with van der Waals surface area (Å²) < 4.78 is 1.81. The van der Waals surface area contributed by atoms with E-state index in [1.54, 1.807) is 10.7 Å². The van der Waals surface area contributed by atoms with E-state index < -0.39 is 0 Å². The fourth-order valence-corrected chi connectivity index (χ4v) is 1.54. The van der Waals surface area contributed by atoms with Gasteiger partial charge in [-0.2, -0.15) is 5.10 Å². The van der Waals surface area contributed by atoms with Crippen LogP contribution in [0.4, 0.5) is 0 Å². The van der Waals surface area contributed by atoms with Gasteiger partial charge >= 0.3 is 0 Å². The van der Waals surface area contributed by atoms with Crippen LogP contribution < -0.4 is 0 Å². The molecule has 0 saturated carbocycles. The minimum Gasteiger partial charge on any atom is -0.233 e. The van der Waals surface area contributed by atoms with E-state index >= 15 is 0 Å². The summed E-state index contributed by atoms with van der Waals surface area (Å²) in [5, 5.41) is 4.13. The molecule has 0 saturated heterocycles. The molecule has 2 aromatic rings. The normalized spacial score (nSPS) is 11.4. The van der Waals surface area contributed by atoms with Gasteiger partial charge in [0.1, 0.15) is 0 Å². The van der Waals surface area contributed by atoms with Crippen LogP contribution >= 0.6 is 0 Å². The van der Waals surface area contributed by atoms with E-state index in [9.17, 15) is 0 Å². The van der Waals surface area contributed by atoms with Crippen molar-refractivity contribution in [3.8, 4) is 0 Å². The third kappa shape index (κ3) is 1.30. The third-order valence-corrected chi connectivity index (χ3v) is 2.15. The van der Waals surface area contributed by atoms with Crippen molar-refractivity contribution >= 4 is 5.65 Å². The molecular weight excluding hydrogens is 162 g/mol. The molecule has 0 radical (unpaired) electrons. The zero-order chi connectivity index (χ0) is 9.42. The van der Waals surface area contributed by atoms with Crippen LogP contribution in [-0.4, -0.2) is 14.6 Å². The van der Waals surface area contributed by atoms with E-state index in [-0.39, 0.29) is 0 Å². The smallest absolute Gasteiger partial charge is 0.155 e. The highest BCUT2D eigenvalue weighted by Gasteiger charge is 2.06. The molecule has 3 heteroatoms. The highest BCUT2D eigenvalue weighted by molar-refractivity contribution is 5.39. The molecule has 0 aliphatic carbocycles. The van der Waals surface area contributed by atoms with Gasteiger partial charge in [-0.3, -0.25) is 0 Å². The first-order chi connectivity index (χ1) is 6.18. The van der Waals surface area contributed by atoms with E-state index in [4.69, 9.17) is 0 Å². The first kappa shape index (κ1) is 8.23. The lowest BCUT2D eigenvalue weighted by Crippen LogP contribution is -2.00. The average molecular weight is 175 g/mol. The predicted molar refractivity (Wildman–Crippen MR) is 51.8 cm³/mol. The monoisotopic (exact) mass is 175 g/mol. The second-order valence-corrected chi connectivity index (χ2v) is 3.60. The van der Waals surface area contributed by atoms with Gasteiger partial charge in [0.25, 0.3) is 0 Å². The Kier molecular flexibility index (Phi) is 1.79. The molecule has 2 aromatic heterocycles. The van der Waals surface area contributed by atoms with Crippen molar-refractivity contribution in [1.82, 2.24) is 14.6 Å². The van der Waals surface area contributed by atoms with Crippen molar-refractivity contribution in [2.24, 2.45) is 0 Å². The standard InChI is InChI=1S/C10H13N3/c1-7(2)10-8(3)6-13-9(12-10)4-5-11-13/h4-7H,1-3H3. The Morgan fingerprint density at radius 2 is 2.15 bits per heavy atom. The number of nitrogens with zero attached hydrogens (tertiary/aromatic N) is 3. The first-order valence-electron chi connectivity index (χ1n) is 4.49. The minimum absolute atomic E-state index is 0.472. The molecule has 2 rings (SSSR count). The topological polar surface area (TPSA) is 30.2 Å². The van der Waals surface area contributed by atoms with Crippen molar-refractivity contribution in [3.63, 3.8) is 0 Å². The lowest BCUT2D eigenvalue weighted by molar-refractivity contribution is 0.794. The summed E-state index contributed by atoms with van der Waals surface area (Å²) in [4.78, 5) is 4.53. The molecule has 0 atom stereocenters. The van der Waals surface area contributed by atoms with Crippen molar-refractivity contribution in [2.45, 2.75) is 26.7 Å². The Bertz CT molecular complexity index is 429. The van der Waals surface area contributed by atoms with Crippen LogP contribution in [0.5, 0.6) is 0 Å². The molecule has 13 heavy (non-hydrogen) atoms. The Morgan fingerprint density at radius 3 is 2.85 bits per heavy atom. The molecular formula is C10H13N3. The molecule has 68 valence electrons. The van der Waals surface area contributed by atoms with E-state index in [1.165, 1.54) is 5.56 Å². The lowest BCUT2D eigenvalue weighted by Gasteiger charge is -2.08. The second-order valence-electron chi connectivity index (χ2n) is 3.60. The summed E-state index contributed by atoms with van der Waals surface area (Å²) in [7, 11) is 0. The second kappa shape index (κ2) is 2.83. The Labute approximate surface area is 77.4 Å². The van der Waals surface area contributed by atoms with Crippen LogP contribution in [0.3, 0.4) is 0 Å². The zero-order valence-electron chi connectivity index (χ0n) is 8.15. The number of fused-ring (bicyclic) bond motifs is 1. The molecule has 2 heterocycles. The molecule has 0 N–H and O–H groups in total. The van der Waals surface area contributed by atoms with Gasteiger partial charge in [0.15, 0.2) is 5.65 Å². The van der Waals surface area contributed by atoms with Crippen molar-refractivity contribution in [1.29, 1.82) is 0 Å². The molecule has 0 unspecified atom stereocenters. The highest BCUT2D eigenvalue weighted by atomic mass is 15.2. The number of hydrogen-bond acceptors (Lipinski definition) is 2. The maximum Gasteiger partial charge on any atom is 0.155 e. The van der Waals surface area contributed by atoms with Crippen LogP contribution in [0.1, 0.15) is 31.0 Å². The third-order valence-electron chi connectivity index (χ3n) is 2.15. The molecule has 0 aromatic carbocycles. The summed E-state index contributed by atoms with van der Waals surface area (Å²) in [6.07, 6.45) is 3.80. The quantitative estimate of drug-likeness (QED) is 0.664.